The van der Waals surface area contributed by atoms with E-state index in [1.165, 1.54) is 24.2 Å². The molecular weight excluding hydrogens is 370 g/mol. The van der Waals surface area contributed by atoms with Gasteiger partial charge in [0, 0.05) is 37.6 Å². The summed E-state index contributed by atoms with van der Waals surface area (Å²) in [6.07, 6.45) is 6.79. The molecule has 2 unspecified atom stereocenters. The number of hydrogen-bond acceptors (Lipinski definition) is 5. The number of nitrogens with one attached hydrogen (secondary N) is 2. The Labute approximate surface area is 159 Å². The van der Waals surface area contributed by atoms with Gasteiger partial charge in [-0.2, -0.15) is 0 Å². The molecule has 3 fully saturated rings. The second-order valence-corrected chi connectivity index (χ2v) is 10.8. The van der Waals surface area contributed by atoms with Crippen molar-refractivity contribution in [3.05, 3.63) is 17.5 Å². The SMILES string of the molecule is O=C(CC1CC2CCC(C1)N2)N1CCC(NS(=O)(=O)c2cccs2)CC1. The van der Waals surface area contributed by atoms with E-state index in [9.17, 15) is 13.2 Å². The lowest BCUT2D eigenvalue weighted by molar-refractivity contribution is -0.133. The second-order valence-electron chi connectivity index (χ2n) is 7.89. The Morgan fingerprint density at radius 2 is 1.88 bits per heavy atom. The lowest BCUT2D eigenvalue weighted by Crippen LogP contribution is -2.47. The number of carbonyl (C=O) groups is 1. The van der Waals surface area contributed by atoms with Gasteiger partial charge in [0.25, 0.3) is 0 Å². The minimum Gasteiger partial charge on any atom is -0.343 e. The number of piperidine rings is 2. The predicted molar refractivity (Wildman–Crippen MR) is 102 cm³/mol. The first kappa shape index (κ1) is 18.4. The van der Waals surface area contributed by atoms with E-state index in [1.807, 2.05) is 4.90 Å². The van der Waals surface area contributed by atoms with Crippen LogP contribution in [-0.2, 0) is 14.8 Å². The fourth-order valence-electron chi connectivity index (χ4n) is 4.66. The van der Waals surface area contributed by atoms with Crippen molar-refractivity contribution < 1.29 is 13.2 Å². The minimum absolute atomic E-state index is 0.0825. The molecule has 1 aromatic rings. The van der Waals surface area contributed by atoms with Crippen LogP contribution >= 0.6 is 11.3 Å². The Hall–Kier alpha value is -0.960. The van der Waals surface area contributed by atoms with Crippen LogP contribution in [-0.4, -0.2) is 50.4 Å². The highest BCUT2D eigenvalue weighted by molar-refractivity contribution is 7.91. The Bertz CT molecular complexity index is 715. The van der Waals surface area contributed by atoms with Crippen LogP contribution in [0, 0.1) is 5.92 Å². The first-order chi connectivity index (χ1) is 12.5. The maximum Gasteiger partial charge on any atom is 0.250 e. The fourth-order valence-corrected chi connectivity index (χ4v) is 6.97. The number of hydrogen-bond donors (Lipinski definition) is 2. The van der Waals surface area contributed by atoms with Gasteiger partial charge in [-0.15, -0.1) is 11.3 Å². The highest BCUT2D eigenvalue weighted by Crippen LogP contribution is 2.33. The van der Waals surface area contributed by atoms with E-state index in [0.717, 1.165) is 12.8 Å². The molecule has 0 saturated carbocycles. The maximum absolute atomic E-state index is 12.6. The molecule has 2 atom stereocenters. The zero-order valence-electron chi connectivity index (χ0n) is 14.9. The van der Waals surface area contributed by atoms with Crippen LogP contribution < -0.4 is 10.0 Å². The Morgan fingerprint density at radius 1 is 1.19 bits per heavy atom. The van der Waals surface area contributed by atoms with Gasteiger partial charge in [0.1, 0.15) is 4.21 Å². The molecule has 2 N–H and O–H groups in total. The number of thiophene rings is 1. The molecule has 2 bridgehead atoms. The third kappa shape index (κ3) is 4.13. The van der Waals surface area contributed by atoms with E-state index in [4.69, 9.17) is 0 Å². The summed E-state index contributed by atoms with van der Waals surface area (Å²) in [5.74, 6) is 0.757. The van der Waals surface area contributed by atoms with Crippen LogP contribution in [0.25, 0.3) is 0 Å². The summed E-state index contributed by atoms with van der Waals surface area (Å²) in [5.41, 5.74) is 0. The molecule has 0 spiro atoms. The lowest BCUT2D eigenvalue weighted by Gasteiger charge is -2.34. The average molecular weight is 398 g/mol. The predicted octanol–water partition coefficient (Wildman–Crippen LogP) is 1.94. The van der Waals surface area contributed by atoms with Gasteiger partial charge in [0.05, 0.1) is 0 Å². The highest BCUT2D eigenvalue weighted by Gasteiger charge is 2.35. The number of fused-ring (bicyclic) bond motifs is 2. The summed E-state index contributed by atoms with van der Waals surface area (Å²) in [6.45, 7) is 1.29. The zero-order chi connectivity index (χ0) is 18.1. The monoisotopic (exact) mass is 397 g/mol. The quantitative estimate of drug-likeness (QED) is 0.796. The van der Waals surface area contributed by atoms with Crippen molar-refractivity contribution in [2.75, 3.05) is 13.1 Å². The van der Waals surface area contributed by atoms with Crippen molar-refractivity contribution in [2.45, 2.75) is 67.3 Å². The van der Waals surface area contributed by atoms with Crippen molar-refractivity contribution in [3.63, 3.8) is 0 Å². The number of amides is 1. The molecule has 4 heterocycles. The van der Waals surface area contributed by atoms with E-state index < -0.39 is 10.0 Å². The number of carbonyl (C=O) groups excluding carboxylic acids is 1. The second kappa shape index (κ2) is 7.58. The smallest absolute Gasteiger partial charge is 0.250 e. The Morgan fingerprint density at radius 3 is 2.50 bits per heavy atom. The van der Waals surface area contributed by atoms with Gasteiger partial charge in [-0.1, -0.05) is 6.07 Å². The van der Waals surface area contributed by atoms with Crippen LogP contribution in [0.2, 0.25) is 0 Å². The van der Waals surface area contributed by atoms with Crippen molar-refractivity contribution in [3.8, 4) is 0 Å². The molecule has 0 radical (unpaired) electrons. The van der Waals surface area contributed by atoms with Gasteiger partial charge in [-0.3, -0.25) is 4.79 Å². The van der Waals surface area contributed by atoms with E-state index >= 15 is 0 Å². The summed E-state index contributed by atoms with van der Waals surface area (Å²) in [5, 5.41) is 5.39. The molecule has 26 heavy (non-hydrogen) atoms. The number of rotatable bonds is 5. The van der Waals surface area contributed by atoms with Gasteiger partial charge in [-0.25, -0.2) is 13.1 Å². The number of nitrogens with zero attached hydrogens (tertiary/aromatic N) is 1. The van der Waals surface area contributed by atoms with E-state index in [0.29, 0.717) is 54.6 Å². The summed E-state index contributed by atoms with van der Waals surface area (Å²) >= 11 is 1.23. The van der Waals surface area contributed by atoms with Crippen LogP contribution in [0.5, 0.6) is 0 Å². The summed E-state index contributed by atoms with van der Waals surface area (Å²) in [6, 6.07) is 4.51. The zero-order valence-corrected chi connectivity index (χ0v) is 16.5. The topological polar surface area (TPSA) is 78.5 Å². The molecule has 0 aliphatic carbocycles. The molecular formula is C18H27N3O3S2. The molecule has 3 saturated heterocycles. The standard InChI is InChI=1S/C18H27N3O3S2/c22-17(12-13-10-15-3-4-16(11-13)19-15)21-7-5-14(6-8-21)20-26(23,24)18-2-1-9-25-18/h1-2,9,13-16,19-20H,3-8,10-12H2. The lowest BCUT2D eigenvalue weighted by atomic mass is 9.89. The molecule has 1 aromatic heterocycles. The van der Waals surface area contributed by atoms with E-state index in [-0.39, 0.29) is 11.9 Å². The molecule has 8 heteroatoms. The average Bonchev–Trinajstić information content (AvgIpc) is 3.26. The summed E-state index contributed by atoms with van der Waals surface area (Å²) in [4.78, 5) is 14.6. The number of sulfonamides is 1. The minimum atomic E-state index is -3.42. The van der Waals surface area contributed by atoms with Crippen molar-refractivity contribution >= 4 is 27.3 Å². The first-order valence-electron chi connectivity index (χ1n) is 9.59. The summed E-state index contributed by atoms with van der Waals surface area (Å²) in [7, 11) is -3.42. The summed E-state index contributed by atoms with van der Waals surface area (Å²) < 4.78 is 27.8. The highest BCUT2D eigenvalue weighted by atomic mass is 32.2. The normalized spacial score (nSPS) is 29.8. The van der Waals surface area contributed by atoms with Gasteiger partial charge < -0.3 is 10.2 Å². The molecule has 6 nitrogen and oxygen atoms in total. The fraction of sp³-hybridized carbons (Fsp3) is 0.722. The Balaban J connectivity index is 1.25. The van der Waals surface area contributed by atoms with Gasteiger partial charge in [0.15, 0.2) is 0 Å². The molecule has 1 amide bonds. The van der Waals surface area contributed by atoms with Crippen LogP contribution in [0.15, 0.2) is 21.7 Å². The molecule has 0 aromatic carbocycles. The van der Waals surface area contributed by atoms with Crippen molar-refractivity contribution in [1.82, 2.24) is 14.9 Å². The van der Waals surface area contributed by atoms with Crippen LogP contribution in [0.4, 0.5) is 0 Å². The molecule has 3 aliphatic heterocycles. The van der Waals surface area contributed by atoms with Crippen molar-refractivity contribution in [1.29, 1.82) is 0 Å². The first-order valence-corrected chi connectivity index (χ1v) is 12.0. The Kier molecular flexibility index (Phi) is 5.36. The molecule has 4 rings (SSSR count). The number of likely N-dealkylation sites (tertiary alicyclic amines) is 1. The molecule has 144 valence electrons. The maximum atomic E-state index is 12.6. The third-order valence-electron chi connectivity index (χ3n) is 5.96. The van der Waals surface area contributed by atoms with E-state index in [2.05, 4.69) is 10.0 Å². The van der Waals surface area contributed by atoms with Crippen molar-refractivity contribution in [2.24, 2.45) is 5.92 Å². The van der Waals surface area contributed by atoms with Crippen LogP contribution in [0.1, 0.15) is 44.9 Å². The van der Waals surface area contributed by atoms with Gasteiger partial charge >= 0.3 is 0 Å². The van der Waals surface area contributed by atoms with Gasteiger partial charge in [-0.05, 0) is 55.9 Å². The molecule has 3 aliphatic rings. The third-order valence-corrected chi connectivity index (χ3v) is 8.88. The van der Waals surface area contributed by atoms with Crippen LogP contribution in [0.3, 0.4) is 0 Å². The largest absolute Gasteiger partial charge is 0.343 e. The van der Waals surface area contributed by atoms with E-state index in [1.54, 1.807) is 17.5 Å². The van der Waals surface area contributed by atoms with Gasteiger partial charge in [0.2, 0.25) is 15.9 Å².